The van der Waals surface area contributed by atoms with Gasteiger partial charge in [0.05, 0.1) is 29.5 Å². The van der Waals surface area contributed by atoms with E-state index in [1.807, 2.05) is 13.8 Å². The summed E-state index contributed by atoms with van der Waals surface area (Å²) < 4.78 is 38.2. The second kappa shape index (κ2) is 9.40. The number of tetrazole rings is 1. The summed E-state index contributed by atoms with van der Waals surface area (Å²) in [5.41, 5.74) is 1.88. The molecule has 35 heavy (non-hydrogen) atoms. The molecule has 4 heterocycles. The number of hydrogen-bond acceptors (Lipinski definition) is 6. The Morgan fingerprint density at radius 1 is 1.17 bits per heavy atom. The first-order valence-electron chi connectivity index (χ1n) is 11.5. The Balaban J connectivity index is 1.30. The monoisotopic (exact) mass is 481 g/mol. The SMILES string of the molecule is CC(C)OC(=O)N1CCC(c2cnc(Cn3ccc4cc(-n5cnnn5)cc(F)c43)c(F)c2)CC1. The fraction of sp³-hybridized carbons (Fsp3) is 0.375. The van der Waals surface area contributed by atoms with E-state index in [9.17, 15) is 9.18 Å². The molecule has 1 aliphatic rings. The molecule has 4 aromatic rings. The number of ether oxygens (including phenoxy) is 1. The molecule has 182 valence electrons. The predicted molar refractivity (Wildman–Crippen MR) is 123 cm³/mol. The van der Waals surface area contributed by atoms with Crippen LogP contribution >= 0.6 is 0 Å². The van der Waals surface area contributed by atoms with Crippen LogP contribution < -0.4 is 0 Å². The van der Waals surface area contributed by atoms with Crippen LogP contribution in [0, 0.1) is 11.6 Å². The number of likely N-dealkylation sites (tertiary alicyclic amines) is 1. The topological polar surface area (TPSA) is 91.0 Å². The molecular formula is C24H25F2N7O2. The maximum absolute atomic E-state index is 15.0. The van der Waals surface area contributed by atoms with Crippen LogP contribution in [0.1, 0.15) is 43.9 Å². The highest BCUT2D eigenvalue weighted by Crippen LogP contribution is 2.29. The van der Waals surface area contributed by atoms with Crippen molar-refractivity contribution in [3.05, 3.63) is 65.9 Å². The van der Waals surface area contributed by atoms with Crippen LogP contribution in [0.2, 0.25) is 0 Å². The van der Waals surface area contributed by atoms with Gasteiger partial charge in [-0.15, -0.1) is 5.10 Å². The van der Waals surface area contributed by atoms with E-state index in [0.717, 1.165) is 5.56 Å². The van der Waals surface area contributed by atoms with E-state index in [2.05, 4.69) is 20.5 Å². The Hall–Kier alpha value is -3.89. The van der Waals surface area contributed by atoms with Crippen LogP contribution in [0.4, 0.5) is 13.6 Å². The number of carbonyl (C=O) groups excluding carboxylic acids is 1. The lowest BCUT2D eigenvalue weighted by Crippen LogP contribution is -2.39. The Bertz CT molecular complexity index is 1350. The van der Waals surface area contributed by atoms with Crippen LogP contribution in [0.15, 0.2) is 43.0 Å². The standard InChI is InChI=1S/C24H25F2N7O2/c1-15(2)35-24(34)31-6-3-16(4-7-31)18-10-20(25)22(27-12-18)13-32-8-5-17-9-19(11-21(26)23(17)32)33-14-28-29-30-33/h5,8-12,14-16H,3-4,6-7,13H2,1-2H3. The molecule has 0 saturated carbocycles. The van der Waals surface area contributed by atoms with Crippen molar-refractivity contribution in [1.29, 1.82) is 0 Å². The predicted octanol–water partition coefficient (Wildman–Crippen LogP) is 4.06. The molecule has 0 atom stereocenters. The van der Waals surface area contributed by atoms with E-state index in [0.29, 0.717) is 42.5 Å². The molecule has 1 fully saturated rings. The summed E-state index contributed by atoms with van der Waals surface area (Å²) in [6.45, 7) is 4.84. The molecule has 1 aliphatic heterocycles. The van der Waals surface area contributed by atoms with Crippen molar-refractivity contribution in [3.63, 3.8) is 0 Å². The number of piperidine rings is 1. The van der Waals surface area contributed by atoms with Crippen molar-refractivity contribution in [3.8, 4) is 5.69 Å². The summed E-state index contributed by atoms with van der Waals surface area (Å²) in [4.78, 5) is 18.1. The lowest BCUT2D eigenvalue weighted by Gasteiger charge is -2.32. The van der Waals surface area contributed by atoms with Gasteiger partial charge in [0.25, 0.3) is 0 Å². The van der Waals surface area contributed by atoms with E-state index in [1.165, 1.54) is 23.1 Å². The number of halogens is 2. The molecule has 11 heteroatoms. The largest absolute Gasteiger partial charge is 0.447 e. The van der Waals surface area contributed by atoms with Gasteiger partial charge in [-0.2, -0.15) is 0 Å². The molecule has 0 spiro atoms. The third-order valence-corrected chi connectivity index (χ3v) is 6.23. The fourth-order valence-electron chi connectivity index (χ4n) is 4.48. The van der Waals surface area contributed by atoms with Crippen molar-refractivity contribution < 1.29 is 18.3 Å². The number of hydrogen-bond donors (Lipinski definition) is 0. The van der Waals surface area contributed by atoms with Gasteiger partial charge in [0.15, 0.2) is 0 Å². The van der Waals surface area contributed by atoms with E-state index < -0.39 is 11.6 Å². The summed E-state index contributed by atoms with van der Waals surface area (Å²) in [5.74, 6) is -0.779. The van der Waals surface area contributed by atoms with Gasteiger partial charge in [-0.3, -0.25) is 4.98 Å². The van der Waals surface area contributed by atoms with Crippen molar-refractivity contribution in [1.82, 2.24) is 34.7 Å². The van der Waals surface area contributed by atoms with Crippen LogP contribution in [0.3, 0.4) is 0 Å². The summed E-state index contributed by atoms with van der Waals surface area (Å²) in [6.07, 6.45) is 5.73. The van der Waals surface area contributed by atoms with E-state index in [1.54, 1.807) is 34.0 Å². The minimum absolute atomic E-state index is 0.0935. The molecule has 1 saturated heterocycles. The maximum Gasteiger partial charge on any atom is 0.410 e. The molecule has 9 nitrogen and oxygen atoms in total. The molecule has 5 rings (SSSR count). The summed E-state index contributed by atoms with van der Waals surface area (Å²) in [5, 5.41) is 11.6. The summed E-state index contributed by atoms with van der Waals surface area (Å²) >= 11 is 0. The first kappa shape index (κ1) is 22.9. The van der Waals surface area contributed by atoms with Gasteiger partial charge >= 0.3 is 6.09 Å². The summed E-state index contributed by atoms with van der Waals surface area (Å²) in [6, 6.07) is 6.37. The third kappa shape index (κ3) is 4.71. The normalized spacial score (nSPS) is 14.7. The number of amides is 1. The maximum atomic E-state index is 15.0. The van der Waals surface area contributed by atoms with Crippen molar-refractivity contribution in [2.75, 3.05) is 13.1 Å². The van der Waals surface area contributed by atoms with Gasteiger partial charge < -0.3 is 14.2 Å². The Kier molecular flexibility index (Phi) is 6.14. The summed E-state index contributed by atoms with van der Waals surface area (Å²) in [7, 11) is 0. The van der Waals surface area contributed by atoms with Crippen LogP contribution in [-0.4, -0.2) is 59.9 Å². The van der Waals surface area contributed by atoms with Crippen LogP contribution in [-0.2, 0) is 11.3 Å². The Labute approximate surface area is 200 Å². The zero-order valence-electron chi connectivity index (χ0n) is 19.4. The smallest absolute Gasteiger partial charge is 0.410 e. The number of pyridine rings is 1. The van der Waals surface area contributed by atoms with Crippen molar-refractivity contribution in [2.24, 2.45) is 0 Å². The molecule has 0 bridgehead atoms. The highest BCUT2D eigenvalue weighted by molar-refractivity contribution is 5.83. The van der Waals surface area contributed by atoms with Gasteiger partial charge in [0, 0.05) is 36.9 Å². The highest BCUT2D eigenvalue weighted by atomic mass is 19.1. The van der Waals surface area contributed by atoms with Gasteiger partial charge in [0.1, 0.15) is 18.0 Å². The van der Waals surface area contributed by atoms with Crippen LogP contribution in [0.5, 0.6) is 0 Å². The molecular weight excluding hydrogens is 456 g/mol. The zero-order valence-corrected chi connectivity index (χ0v) is 19.4. The van der Waals surface area contributed by atoms with E-state index in [4.69, 9.17) is 4.74 Å². The second-order valence-corrected chi connectivity index (χ2v) is 8.95. The fourth-order valence-corrected chi connectivity index (χ4v) is 4.48. The van der Waals surface area contributed by atoms with E-state index >= 15 is 4.39 Å². The number of benzene rings is 1. The zero-order chi connectivity index (χ0) is 24.5. The van der Waals surface area contributed by atoms with Crippen LogP contribution in [0.25, 0.3) is 16.6 Å². The third-order valence-electron chi connectivity index (χ3n) is 6.23. The molecule has 0 aliphatic carbocycles. The quantitative estimate of drug-likeness (QED) is 0.427. The van der Waals surface area contributed by atoms with Gasteiger partial charge in [0.2, 0.25) is 0 Å². The second-order valence-electron chi connectivity index (χ2n) is 8.95. The Morgan fingerprint density at radius 2 is 1.97 bits per heavy atom. The number of fused-ring (bicyclic) bond motifs is 1. The number of nitrogens with zero attached hydrogens (tertiary/aromatic N) is 7. The van der Waals surface area contributed by atoms with Gasteiger partial charge in [-0.25, -0.2) is 18.3 Å². The lowest BCUT2D eigenvalue weighted by atomic mass is 9.90. The molecule has 3 aromatic heterocycles. The molecule has 0 radical (unpaired) electrons. The van der Waals surface area contributed by atoms with Crippen molar-refractivity contribution in [2.45, 2.75) is 45.3 Å². The molecule has 0 unspecified atom stereocenters. The van der Waals surface area contributed by atoms with Gasteiger partial charge in [-0.1, -0.05) is 0 Å². The molecule has 0 N–H and O–H groups in total. The minimum Gasteiger partial charge on any atom is -0.447 e. The molecule has 1 amide bonds. The molecule has 1 aromatic carbocycles. The van der Waals surface area contributed by atoms with E-state index in [-0.39, 0.29) is 30.4 Å². The highest BCUT2D eigenvalue weighted by Gasteiger charge is 2.26. The average Bonchev–Trinajstić information content (AvgIpc) is 3.51. The minimum atomic E-state index is -0.460. The Morgan fingerprint density at radius 3 is 2.66 bits per heavy atom. The number of aromatic nitrogens is 6. The number of carbonyl (C=O) groups is 1. The number of rotatable bonds is 5. The first-order valence-corrected chi connectivity index (χ1v) is 11.5. The first-order chi connectivity index (χ1) is 16.9. The average molecular weight is 482 g/mol. The lowest BCUT2D eigenvalue weighted by molar-refractivity contribution is 0.0691. The van der Waals surface area contributed by atoms with Crippen molar-refractivity contribution >= 4 is 17.0 Å². The van der Waals surface area contributed by atoms with Gasteiger partial charge in [-0.05, 0) is 66.8 Å².